The van der Waals surface area contributed by atoms with Crippen molar-refractivity contribution in [2.75, 3.05) is 0 Å². The van der Waals surface area contributed by atoms with Gasteiger partial charge in [0.2, 0.25) is 0 Å². The Hall–Kier alpha value is -3.33. The number of ketones is 1. The molecule has 3 aromatic rings. The molecule has 1 aliphatic rings. The van der Waals surface area contributed by atoms with Gasteiger partial charge in [-0.1, -0.05) is 23.7 Å². The van der Waals surface area contributed by atoms with Gasteiger partial charge < -0.3 is 10.2 Å². The number of fused-ring (bicyclic) bond motifs is 1. The second-order valence-electron chi connectivity index (χ2n) is 7.47. The quantitative estimate of drug-likeness (QED) is 0.445. The number of carbonyl (C=O) groups is 2. The zero-order chi connectivity index (χ0) is 23.2. The van der Waals surface area contributed by atoms with Crippen LogP contribution in [-0.2, 0) is 12.6 Å². The van der Waals surface area contributed by atoms with Gasteiger partial charge in [-0.2, -0.15) is 18.3 Å². The van der Waals surface area contributed by atoms with Crippen LogP contribution in [0.15, 0.2) is 36.4 Å². The molecule has 0 bridgehead atoms. The number of alkyl halides is 3. The Labute approximate surface area is 184 Å². The number of benzene rings is 2. The molecule has 0 amide bonds. The number of H-pyrrole nitrogens is 1. The van der Waals surface area contributed by atoms with Crippen molar-refractivity contribution in [1.29, 1.82) is 0 Å². The molecule has 1 aromatic heterocycles. The van der Waals surface area contributed by atoms with E-state index >= 15 is 0 Å². The first-order chi connectivity index (χ1) is 15.1. The maximum atomic E-state index is 13.6. The fourth-order valence-corrected chi connectivity index (χ4v) is 4.37. The number of rotatable bonds is 4. The molecule has 0 aliphatic heterocycles. The van der Waals surface area contributed by atoms with Crippen molar-refractivity contribution >= 4 is 23.4 Å². The van der Waals surface area contributed by atoms with Gasteiger partial charge in [-0.3, -0.25) is 9.89 Å². The molecule has 0 fully saturated rings. The van der Waals surface area contributed by atoms with Crippen molar-refractivity contribution in [1.82, 2.24) is 10.2 Å². The van der Waals surface area contributed by atoms with Crippen LogP contribution in [0.4, 0.5) is 13.2 Å². The monoisotopic (exact) mass is 464 g/mol. The van der Waals surface area contributed by atoms with Gasteiger partial charge >= 0.3 is 12.1 Å². The number of aromatic nitrogens is 2. The number of aromatic carboxylic acids is 1. The summed E-state index contributed by atoms with van der Waals surface area (Å²) >= 11 is 6.04. The third-order valence-electron chi connectivity index (χ3n) is 5.53. The van der Waals surface area contributed by atoms with E-state index in [0.717, 1.165) is 12.1 Å². The highest BCUT2D eigenvalue weighted by Crippen LogP contribution is 2.43. The summed E-state index contributed by atoms with van der Waals surface area (Å²) in [5.74, 6) is -3.51. The predicted molar refractivity (Wildman–Crippen MR) is 109 cm³/mol. The minimum atomic E-state index is -4.76. The normalized spacial score (nSPS) is 15.9. The molecular formula is C22H16ClF3N2O4. The van der Waals surface area contributed by atoms with Crippen LogP contribution >= 0.6 is 11.6 Å². The van der Waals surface area contributed by atoms with Crippen molar-refractivity contribution in [2.45, 2.75) is 31.4 Å². The van der Waals surface area contributed by atoms with Crippen LogP contribution in [0.25, 0.3) is 11.3 Å². The number of carbonyl (C=O) groups excluding carboxylic acids is 1. The molecule has 6 nitrogen and oxygen atoms in total. The number of phenols is 1. The summed E-state index contributed by atoms with van der Waals surface area (Å²) in [5.41, 5.74) is -0.363. The lowest BCUT2D eigenvalue weighted by Crippen LogP contribution is -2.22. The van der Waals surface area contributed by atoms with Gasteiger partial charge in [0.25, 0.3) is 0 Å². The number of aromatic amines is 1. The third kappa shape index (κ3) is 3.73. The molecule has 1 heterocycles. The molecule has 0 radical (unpaired) electrons. The van der Waals surface area contributed by atoms with E-state index in [9.17, 15) is 27.9 Å². The highest BCUT2D eigenvalue weighted by Gasteiger charge is 2.40. The van der Waals surface area contributed by atoms with Crippen LogP contribution in [0.2, 0.25) is 5.02 Å². The second kappa shape index (κ2) is 7.98. The molecule has 4 rings (SSSR count). The zero-order valence-electron chi connectivity index (χ0n) is 16.3. The Balaban J connectivity index is 1.83. The van der Waals surface area contributed by atoms with E-state index < -0.39 is 40.7 Å². The van der Waals surface area contributed by atoms with Crippen LogP contribution in [-0.4, -0.2) is 32.2 Å². The molecule has 32 heavy (non-hydrogen) atoms. The lowest BCUT2D eigenvalue weighted by atomic mass is 9.79. The molecule has 2 aromatic carbocycles. The molecule has 1 aliphatic carbocycles. The van der Waals surface area contributed by atoms with Gasteiger partial charge in [-0.25, -0.2) is 4.79 Å². The lowest BCUT2D eigenvalue weighted by molar-refractivity contribution is -0.137. The maximum absolute atomic E-state index is 13.6. The number of hydrogen-bond donors (Lipinski definition) is 3. The molecule has 0 saturated carbocycles. The third-order valence-corrected chi connectivity index (χ3v) is 5.85. The van der Waals surface area contributed by atoms with Crippen molar-refractivity contribution in [3.63, 3.8) is 0 Å². The van der Waals surface area contributed by atoms with Gasteiger partial charge in [-0.15, -0.1) is 0 Å². The van der Waals surface area contributed by atoms with Gasteiger partial charge in [-0.05, 0) is 43.5 Å². The fraction of sp³-hybridized carbons (Fsp3) is 0.227. The number of carboxylic acids is 1. The highest BCUT2D eigenvalue weighted by molar-refractivity contribution is 6.34. The largest absolute Gasteiger partial charge is 0.507 e. The van der Waals surface area contributed by atoms with E-state index in [1.54, 1.807) is 0 Å². The number of hydrogen-bond acceptors (Lipinski definition) is 4. The smallest absolute Gasteiger partial charge is 0.417 e. The highest BCUT2D eigenvalue weighted by atomic mass is 35.5. The summed E-state index contributed by atoms with van der Waals surface area (Å²) in [6.07, 6.45) is -3.37. The fourth-order valence-electron chi connectivity index (χ4n) is 4.11. The summed E-state index contributed by atoms with van der Waals surface area (Å²) in [4.78, 5) is 24.6. The van der Waals surface area contributed by atoms with Crippen LogP contribution in [0, 0.1) is 0 Å². The first-order valence-electron chi connectivity index (χ1n) is 9.63. The first-order valence-corrected chi connectivity index (χ1v) is 10.0. The number of aromatic hydroxyl groups is 1. The van der Waals surface area contributed by atoms with Crippen molar-refractivity contribution in [2.24, 2.45) is 0 Å². The summed E-state index contributed by atoms with van der Waals surface area (Å²) in [6, 6.07) is 7.03. The second-order valence-corrected chi connectivity index (χ2v) is 7.88. The van der Waals surface area contributed by atoms with E-state index in [1.165, 1.54) is 24.3 Å². The Kier molecular flexibility index (Phi) is 5.46. The maximum Gasteiger partial charge on any atom is 0.417 e. The zero-order valence-corrected chi connectivity index (χ0v) is 17.1. The number of aryl methyl sites for hydroxylation is 1. The summed E-state index contributed by atoms with van der Waals surface area (Å²) in [6.45, 7) is 0. The SMILES string of the molecule is O=C(O)c1ccc(-c2n[nH]c3c2C(C(=O)c2c(Cl)cccc2C(F)(F)F)CCC3)cc1O. The van der Waals surface area contributed by atoms with Gasteiger partial charge in [0.05, 0.1) is 22.2 Å². The molecule has 3 N–H and O–H groups in total. The molecule has 0 saturated heterocycles. The van der Waals surface area contributed by atoms with E-state index in [2.05, 4.69) is 10.2 Å². The number of carboxylic acid groups (broad SMARTS) is 1. The molecular weight excluding hydrogens is 449 g/mol. The van der Waals surface area contributed by atoms with Gasteiger partial charge in [0.1, 0.15) is 11.3 Å². The van der Waals surface area contributed by atoms with E-state index in [0.29, 0.717) is 36.1 Å². The summed E-state index contributed by atoms with van der Waals surface area (Å²) in [5, 5.41) is 25.9. The van der Waals surface area contributed by atoms with Crippen molar-refractivity contribution in [3.05, 3.63) is 69.4 Å². The molecule has 1 atom stereocenters. The number of nitrogens with zero attached hydrogens (tertiary/aromatic N) is 1. The van der Waals surface area contributed by atoms with Crippen LogP contribution in [0.3, 0.4) is 0 Å². The van der Waals surface area contributed by atoms with E-state index in [4.69, 9.17) is 16.7 Å². The number of Topliss-reactive ketones (excluding diaryl/α,β-unsaturated/α-hetero) is 1. The van der Waals surface area contributed by atoms with Crippen LogP contribution in [0.5, 0.6) is 5.75 Å². The Morgan fingerprint density at radius 1 is 1.19 bits per heavy atom. The summed E-state index contributed by atoms with van der Waals surface area (Å²) < 4.78 is 40.7. The van der Waals surface area contributed by atoms with Crippen molar-refractivity contribution in [3.8, 4) is 17.0 Å². The van der Waals surface area contributed by atoms with E-state index in [-0.39, 0.29) is 16.3 Å². The topological polar surface area (TPSA) is 103 Å². The van der Waals surface area contributed by atoms with Crippen molar-refractivity contribution < 1.29 is 33.0 Å². The molecule has 166 valence electrons. The molecule has 1 unspecified atom stereocenters. The Bertz CT molecular complexity index is 1240. The van der Waals surface area contributed by atoms with Gasteiger partial charge in [0.15, 0.2) is 5.78 Å². The molecule has 0 spiro atoms. The van der Waals surface area contributed by atoms with Crippen LogP contribution < -0.4 is 0 Å². The minimum absolute atomic E-state index is 0.269. The van der Waals surface area contributed by atoms with Crippen LogP contribution in [0.1, 0.15) is 56.3 Å². The van der Waals surface area contributed by atoms with E-state index in [1.807, 2.05) is 0 Å². The average Bonchev–Trinajstić information content (AvgIpc) is 3.16. The Morgan fingerprint density at radius 3 is 2.59 bits per heavy atom. The number of halogens is 4. The standard InChI is InChI=1S/C22H16ClF3N2O4/c23-14-5-2-4-13(22(24,25)26)18(14)20(30)12-3-1-6-15-17(12)19(28-27-15)10-7-8-11(21(31)32)16(29)9-10/h2,4-5,7-9,12,29H,1,3,6H2,(H,27,28)(H,31,32). The predicted octanol–water partition coefficient (Wildman–Crippen LogP) is 5.46. The number of nitrogens with one attached hydrogen (secondary N) is 1. The summed E-state index contributed by atoms with van der Waals surface area (Å²) in [7, 11) is 0. The average molecular weight is 465 g/mol. The first kappa shape index (κ1) is 21.9. The molecule has 10 heteroatoms. The lowest BCUT2D eigenvalue weighted by Gasteiger charge is -2.24. The minimum Gasteiger partial charge on any atom is -0.507 e. The van der Waals surface area contributed by atoms with Gasteiger partial charge in [0, 0.05) is 22.4 Å². The Morgan fingerprint density at radius 2 is 1.94 bits per heavy atom.